The molecule has 0 spiro atoms. The lowest BCUT2D eigenvalue weighted by molar-refractivity contribution is -0.115. The molecule has 1 aromatic carbocycles. The summed E-state index contributed by atoms with van der Waals surface area (Å²) >= 11 is 0. The van der Waals surface area contributed by atoms with Crippen molar-refractivity contribution in [2.75, 3.05) is 55.4 Å². The van der Waals surface area contributed by atoms with Gasteiger partial charge in [-0.2, -0.15) is 4.31 Å². The highest BCUT2D eigenvalue weighted by molar-refractivity contribution is 7.89. The maximum Gasteiger partial charge on any atom is 0.225 e. The number of ether oxygens (including phenoxy) is 1. The zero-order chi connectivity index (χ0) is 17.7. The van der Waals surface area contributed by atoms with Crippen LogP contribution in [-0.2, 0) is 19.6 Å². The van der Waals surface area contributed by atoms with Crippen molar-refractivity contribution < 1.29 is 17.9 Å². The van der Waals surface area contributed by atoms with E-state index in [2.05, 4.69) is 10.2 Å². The van der Waals surface area contributed by atoms with Crippen molar-refractivity contribution >= 4 is 27.3 Å². The number of anilines is 2. The molecule has 1 N–H and O–H groups in total. The molecule has 0 radical (unpaired) electrons. The van der Waals surface area contributed by atoms with Crippen molar-refractivity contribution in [1.82, 2.24) is 4.31 Å². The number of nitrogens with one attached hydrogen (secondary N) is 1. The van der Waals surface area contributed by atoms with E-state index < -0.39 is 10.0 Å². The lowest BCUT2D eigenvalue weighted by atomic mass is 10.2. The largest absolute Gasteiger partial charge is 0.379 e. The van der Waals surface area contributed by atoms with Gasteiger partial charge in [0.05, 0.1) is 19.0 Å². The molecular weight excluding hydrogens is 342 g/mol. The van der Waals surface area contributed by atoms with Crippen LogP contribution in [0.4, 0.5) is 11.4 Å². The highest BCUT2D eigenvalue weighted by atomic mass is 32.2. The van der Waals surface area contributed by atoms with Crippen molar-refractivity contribution in [3.05, 3.63) is 24.3 Å². The van der Waals surface area contributed by atoms with E-state index in [0.29, 0.717) is 32.0 Å². The zero-order valence-corrected chi connectivity index (χ0v) is 15.1. The smallest absolute Gasteiger partial charge is 0.225 e. The third kappa shape index (κ3) is 4.93. The number of hydrogen-bond acceptors (Lipinski definition) is 5. The second-order valence-corrected chi connectivity index (χ2v) is 8.46. The lowest BCUT2D eigenvalue weighted by Crippen LogP contribution is -2.42. The lowest BCUT2D eigenvalue weighted by Gasteiger charge is -2.25. The minimum absolute atomic E-state index is 0.0480. The molecule has 2 fully saturated rings. The first-order valence-electron chi connectivity index (χ1n) is 8.75. The number of amides is 1. The van der Waals surface area contributed by atoms with Crippen LogP contribution in [0.5, 0.6) is 0 Å². The van der Waals surface area contributed by atoms with Gasteiger partial charge in [0, 0.05) is 44.0 Å². The average molecular weight is 367 g/mol. The van der Waals surface area contributed by atoms with E-state index >= 15 is 0 Å². The number of benzene rings is 1. The SMILES string of the molecule is O=C(CCS(=O)(=O)N1CCOCC1)Nc1ccc(N2CCCC2)cc1. The summed E-state index contributed by atoms with van der Waals surface area (Å²) in [6.07, 6.45) is 2.39. The number of carbonyl (C=O) groups excluding carboxylic acids is 1. The van der Waals surface area contributed by atoms with Crippen molar-refractivity contribution in [2.45, 2.75) is 19.3 Å². The number of morpholine rings is 1. The molecule has 3 rings (SSSR count). The van der Waals surface area contributed by atoms with Gasteiger partial charge in [-0.05, 0) is 37.1 Å². The summed E-state index contributed by atoms with van der Waals surface area (Å²) in [5.41, 5.74) is 1.85. The maximum absolute atomic E-state index is 12.2. The van der Waals surface area contributed by atoms with Crippen LogP contribution >= 0.6 is 0 Å². The topological polar surface area (TPSA) is 79.0 Å². The van der Waals surface area contributed by atoms with Gasteiger partial charge in [-0.3, -0.25) is 4.79 Å². The molecule has 2 aliphatic rings. The molecular formula is C17H25N3O4S. The van der Waals surface area contributed by atoms with Crippen LogP contribution in [-0.4, -0.2) is 63.8 Å². The van der Waals surface area contributed by atoms with Crippen molar-refractivity contribution in [3.63, 3.8) is 0 Å². The van der Waals surface area contributed by atoms with E-state index in [0.717, 1.165) is 18.8 Å². The van der Waals surface area contributed by atoms with E-state index in [1.54, 1.807) is 0 Å². The molecule has 8 heteroatoms. The summed E-state index contributed by atoms with van der Waals surface area (Å²) < 4.78 is 31.0. The molecule has 7 nitrogen and oxygen atoms in total. The van der Waals surface area contributed by atoms with Crippen LogP contribution in [0.25, 0.3) is 0 Å². The number of sulfonamides is 1. The Morgan fingerprint density at radius 2 is 1.68 bits per heavy atom. The highest BCUT2D eigenvalue weighted by Gasteiger charge is 2.24. The quantitative estimate of drug-likeness (QED) is 0.819. The standard InChI is InChI=1S/C17H25N3O4S/c21-17(7-14-25(22,23)20-10-12-24-13-11-20)18-15-3-5-16(6-4-15)19-8-1-2-9-19/h3-6H,1-2,7-14H2,(H,18,21). The van der Waals surface area contributed by atoms with E-state index in [1.807, 2.05) is 24.3 Å². The summed E-state index contributed by atoms with van der Waals surface area (Å²) in [5.74, 6) is -0.462. The summed E-state index contributed by atoms with van der Waals surface area (Å²) in [4.78, 5) is 14.4. The highest BCUT2D eigenvalue weighted by Crippen LogP contribution is 2.22. The van der Waals surface area contributed by atoms with Gasteiger partial charge in [0.25, 0.3) is 0 Å². The molecule has 0 aliphatic carbocycles. The first-order valence-corrected chi connectivity index (χ1v) is 10.4. The first-order chi connectivity index (χ1) is 12.0. The van der Waals surface area contributed by atoms with Crippen molar-refractivity contribution in [2.24, 2.45) is 0 Å². The summed E-state index contributed by atoms with van der Waals surface area (Å²) in [5, 5.41) is 2.77. The number of hydrogen-bond donors (Lipinski definition) is 1. The molecule has 0 atom stereocenters. The Balaban J connectivity index is 1.48. The molecule has 2 aliphatic heterocycles. The summed E-state index contributed by atoms with van der Waals surface area (Å²) in [6, 6.07) is 7.71. The second kappa shape index (κ2) is 8.16. The second-order valence-electron chi connectivity index (χ2n) is 6.37. The Bertz CT molecular complexity index is 678. The summed E-state index contributed by atoms with van der Waals surface area (Å²) in [6.45, 7) is 3.70. The Hall–Kier alpha value is -1.64. The third-order valence-corrected chi connectivity index (χ3v) is 6.44. The Labute approximate surface area is 149 Å². The van der Waals surface area contributed by atoms with Gasteiger partial charge in [-0.25, -0.2) is 8.42 Å². The van der Waals surface area contributed by atoms with Gasteiger partial charge in [-0.15, -0.1) is 0 Å². The molecule has 0 saturated carbocycles. The molecule has 138 valence electrons. The Kier molecular flexibility index (Phi) is 5.93. The fraction of sp³-hybridized carbons (Fsp3) is 0.588. The Morgan fingerprint density at radius 3 is 2.32 bits per heavy atom. The monoisotopic (exact) mass is 367 g/mol. The van der Waals surface area contributed by atoms with Crippen LogP contribution < -0.4 is 10.2 Å². The predicted molar refractivity (Wildman–Crippen MR) is 97.3 cm³/mol. The van der Waals surface area contributed by atoms with Crippen LogP contribution in [0.1, 0.15) is 19.3 Å². The predicted octanol–water partition coefficient (Wildman–Crippen LogP) is 1.28. The number of nitrogens with zero attached hydrogens (tertiary/aromatic N) is 2. The molecule has 2 saturated heterocycles. The molecule has 0 aromatic heterocycles. The van der Waals surface area contributed by atoms with E-state index in [4.69, 9.17) is 4.74 Å². The van der Waals surface area contributed by atoms with Gasteiger partial charge in [-0.1, -0.05) is 0 Å². The van der Waals surface area contributed by atoms with Crippen LogP contribution in [0, 0.1) is 0 Å². The number of rotatable bonds is 6. The van der Waals surface area contributed by atoms with Gasteiger partial charge in [0.2, 0.25) is 15.9 Å². The average Bonchev–Trinajstić information content (AvgIpc) is 3.16. The van der Waals surface area contributed by atoms with Crippen LogP contribution in [0.15, 0.2) is 24.3 Å². The molecule has 0 unspecified atom stereocenters. The van der Waals surface area contributed by atoms with Crippen LogP contribution in [0.3, 0.4) is 0 Å². The van der Waals surface area contributed by atoms with Gasteiger partial charge < -0.3 is 15.0 Å². The molecule has 1 aromatic rings. The van der Waals surface area contributed by atoms with Crippen LogP contribution in [0.2, 0.25) is 0 Å². The fourth-order valence-electron chi connectivity index (χ4n) is 3.13. The van der Waals surface area contributed by atoms with E-state index in [1.165, 1.54) is 17.1 Å². The molecule has 1 amide bonds. The molecule has 2 heterocycles. The maximum atomic E-state index is 12.2. The van der Waals surface area contributed by atoms with Gasteiger partial charge in [0.1, 0.15) is 0 Å². The minimum Gasteiger partial charge on any atom is -0.379 e. The Morgan fingerprint density at radius 1 is 1.04 bits per heavy atom. The molecule has 25 heavy (non-hydrogen) atoms. The normalized spacial score (nSPS) is 19.1. The molecule has 0 bridgehead atoms. The van der Waals surface area contributed by atoms with Gasteiger partial charge in [0.15, 0.2) is 0 Å². The van der Waals surface area contributed by atoms with Crippen molar-refractivity contribution in [1.29, 1.82) is 0 Å². The van der Waals surface area contributed by atoms with E-state index in [-0.39, 0.29) is 18.1 Å². The first kappa shape index (κ1) is 18.2. The fourth-order valence-corrected chi connectivity index (χ4v) is 4.54. The summed E-state index contributed by atoms with van der Waals surface area (Å²) in [7, 11) is -3.40. The number of carbonyl (C=O) groups is 1. The van der Waals surface area contributed by atoms with Crippen molar-refractivity contribution in [3.8, 4) is 0 Å². The van der Waals surface area contributed by atoms with E-state index in [9.17, 15) is 13.2 Å². The van der Waals surface area contributed by atoms with Gasteiger partial charge >= 0.3 is 0 Å². The zero-order valence-electron chi connectivity index (χ0n) is 14.3. The third-order valence-electron chi connectivity index (χ3n) is 4.57. The minimum atomic E-state index is -3.40.